The fourth-order valence-electron chi connectivity index (χ4n) is 4.12. The first kappa shape index (κ1) is 47.5. The van der Waals surface area contributed by atoms with Crippen molar-refractivity contribution in [2.24, 2.45) is 16.2 Å². The molecule has 1 heterocycles. The molecule has 1 N–H and O–H groups in total. The third-order valence-electron chi connectivity index (χ3n) is 9.63. The summed E-state index contributed by atoms with van der Waals surface area (Å²) in [5, 5.41) is 8.38. The highest BCUT2D eigenvalue weighted by atomic mass is 16.7. The number of rotatable bonds is 15. The van der Waals surface area contributed by atoms with Gasteiger partial charge in [-0.15, -0.1) is 0 Å². The molecule has 0 bridgehead atoms. The fraction of sp³-hybridized carbons (Fsp3) is 0.780. The van der Waals surface area contributed by atoms with Crippen LogP contribution in [0.1, 0.15) is 152 Å². The zero-order chi connectivity index (χ0) is 38.4. The number of esters is 3. The van der Waals surface area contributed by atoms with E-state index in [9.17, 15) is 14.4 Å². The van der Waals surface area contributed by atoms with Gasteiger partial charge in [0.2, 0.25) is 0 Å². The summed E-state index contributed by atoms with van der Waals surface area (Å²) in [6.45, 7) is 24.6. The van der Waals surface area contributed by atoms with Crippen LogP contribution in [-0.4, -0.2) is 67.9 Å². The molecule has 0 aromatic heterocycles. The van der Waals surface area contributed by atoms with Crippen LogP contribution in [0.5, 0.6) is 0 Å². The molecule has 1 aromatic rings. The lowest BCUT2D eigenvalue weighted by Gasteiger charge is -2.28. The lowest BCUT2D eigenvalue weighted by Crippen LogP contribution is -2.32. The first-order valence-electron chi connectivity index (χ1n) is 18.9. The van der Waals surface area contributed by atoms with Crippen molar-refractivity contribution in [3.05, 3.63) is 35.9 Å². The summed E-state index contributed by atoms with van der Waals surface area (Å²) in [5.41, 5.74) is 0.263. The Morgan fingerprint density at radius 1 is 0.780 bits per heavy atom. The van der Waals surface area contributed by atoms with Crippen molar-refractivity contribution in [1.82, 2.24) is 0 Å². The smallest absolute Gasteiger partial charge is 0.313 e. The number of hydrogen-bond donors (Lipinski definition) is 1. The fourth-order valence-corrected chi connectivity index (χ4v) is 4.12. The average molecular weight is 709 g/mol. The highest BCUT2D eigenvalue weighted by molar-refractivity contribution is 5.76. The number of aliphatic hydroxyl groups is 1. The van der Waals surface area contributed by atoms with Gasteiger partial charge >= 0.3 is 17.9 Å². The largest absolute Gasteiger partial charge is 0.463 e. The van der Waals surface area contributed by atoms with Crippen LogP contribution in [0.4, 0.5) is 0 Å². The monoisotopic (exact) mass is 709 g/mol. The molecular formula is C41H72O9. The van der Waals surface area contributed by atoms with Gasteiger partial charge in [-0.3, -0.25) is 14.4 Å². The summed E-state index contributed by atoms with van der Waals surface area (Å²) in [5.74, 6) is 0.180. The van der Waals surface area contributed by atoms with Crippen LogP contribution in [-0.2, 0) is 38.1 Å². The van der Waals surface area contributed by atoms with Crippen LogP contribution in [0.25, 0.3) is 0 Å². The maximum absolute atomic E-state index is 11.8. The molecule has 9 heteroatoms. The van der Waals surface area contributed by atoms with Crippen molar-refractivity contribution in [2.45, 2.75) is 165 Å². The summed E-state index contributed by atoms with van der Waals surface area (Å²) in [4.78, 5) is 34.3. The SMILES string of the molecule is CCC(C)(C)C(=O)OC(C)OC1CCCCC1.CCC(C)(C)C(=O)OCC1CO1.CCC(C)(C)C(=O)OCCO.CCC(C)c1ccccc1. The van der Waals surface area contributed by atoms with E-state index in [4.69, 9.17) is 28.8 Å². The van der Waals surface area contributed by atoms with Gasteiger partial charge < -0.3 is 28.8 Å². The number of aliphatic hydroxyl groups excluding tert-OH is 1. The quantitative estimate of drug-likeness (QED) is 0.0823. The molecule has 3 atom stereocenters. The summed E-state index contributed by atoms with van der Waals surface area (Å²) in [6, 6.07) is 10.6. The number of hydrogen-bond acceptors (Lipinski definition) is 9. The Hall–Kier alpha value is -2.49. The minimum atomic E-state index is -0.421. The predicted molar refractivity (Wildman–Crippen MR) is 200 cm³/mol. The minimum absolute atomic E-state index is 0.0995. The molecule has 1 aliphatic carbocycles. The number of carbonyl (C=O) groups excluding carboxylic acids is 3. The molecule has 1 saturated carbocycles. The van der Waals surface area contributed by atoms with Gasteiger partial charge in [0, 0.05) is 0 Å². The van der Waals surface area contributed by atoms with Crippen molar-refractivity contribution >= 4 is 17.9 Å². The average Bonchev–Trinajstić information content (AvgIpc) is 3.95. The van der Waals surface area contributed by atoms with E-state index < -0.39 is 17.1 Å². The molecule has 290 valence electrons. The third kappa shape index (κ3) is 20.4. The van der Waals surface area contributed by atoms with E-state index in [1.54, 1.807) is 0 Å². The Balaban J connectivity index is 0.000000655. The Bertz CT molecular complexity index is 1060. The maximum atomic E-state index is 11.8. The first-order chi connectivity index (χ1) is 23.4. The lowest BCUT2D eigenvalue weighted by atomic mass is 9.91. The summed E-state index contributed by atoms with van der Waals surface area (Å²) < 4.78 is 25.8. The zero-order valence-electron chi connectivity index (χ0n) is 33.6. The highest BCUT2D eigenvalue weighted by Gasteiger charge is 2.31. The molecule has 3 rings (SSSR count). The summed E-state index contributed by atoms with van der Waals surface area (Å²) in [7, 11) is 0. The highest BCUT2D eigenvalue weighted by Crippen LogP contribution is 2.26. The van der Waals surface area contributed by atoms with E-state index in [0.29, 0.717) is 12.5 Å². The van der Waals surface area contributed by atoms with Gasteiger partial charge in [0.25, 0.3) is 0 Å². The Kier molecular flexibility index (Phi) is 23.4. The molecule has 1 saturated heterocycles. The summed E-state index contributed by atoms with van der Waals surface area (Å²) >= 11 is 0. The van der Waals surface area contributed by atoms with E-state index >= 15 is 0 Å². The lowest BCUT2D eigenvalue weighted by molar-refractivity contribution is -0.196. The second kappa shape index (κ2) is 24.7. The van der Waals surface area contributed by atoms with Gasteiger partial charge in [-0.1, -0.05) is 84.2 Å². The van der Waals surface area contributed by atoms with E-state index in [0.717, 1.165) is 38.7 Å². The molecule has 0 spiro atoms. The minimum Gasteiger partial charge on any atom is -0.463 e. The first-order valence-corrected chi connectivity index (χ1v) is 18.9. The van der Waals surface area contributed by atoms with Gasteiger partial charge in [-0.25, -0.2) is 0 Å². The van der Waals surface area contributed by atoms with Crippen molar-refractivity contribution in [1.29, 1.82) is 0 Å². The van der Waals surface area contributed by atoms with Crippen molar-refractivity contribution in [3.8, 4) is 0 Å². The van der Waals surface area contributed by atoms with E-state index in [-0.39, 0.29) is 48.7 Å². The van der Waals surface area contributed by atoms with Crippen molar-refractivity contribution in [2.75, 3.05) is 26.4 Å². The Labute approximate surface area is 304 Å². The summed E-state index contributed by atoms with van der Waals surface area (Å²) in [6.07, 6.45) is 9.53. The van der Waals surface area contributed by atoms with E-state index in [1.807, 2.05) is 69.2 Å². The Morgan fingerprint density at radius 3 is 1.70 bits per heavy atom. The van der Waals surface area contributed by atoms with Crippen molar-refractivity contribution < 1.29 is 43.2 Å². The normalized spacial score (nSPS) is 17.2. The number of benzene rings is 1. The van der Waals surface area contributed by atoms with Gasteiger partial charge in [0.15, 0.2) is 6.29 Å². The topological polar surface area (TPSA) is 121 Å². The molecule has 2 aliphatic rings. The number of carbonyl (C=O) groups is 3. The molecule has 0 amide bonds. The van der Waals surface area contributed by atoms with Gasteiger partial charge in [0.05, 0.1) is 35.6 Å². The van der Waals surface area contributed by atoms with Crippen molar-refractivity contribution in [3.63, 3.8) is 0 Å². The number of epoxide rings is 1. The van der Waals surface area contributed by atoms with Crippen LogP contribution in [0.15, 0.2) is 30.3 Å². The van der Waals surface area contributed by atoms with Crippen LogP contribution in [0.3, 0.4) is 0 Å². The van der Waals surface area contributed by atoms with Gasteiger partial charge in [-0.05, 0) is 98.5 Å². The number of ether oxygens (including phenoxy) is 5. The molecule has 50 heavy (non-hydrogen) atoms. The zero-order valence-corrected chi connectivity index (χ0v) is 33.6. The van der Waals surface area contributed by atoms with Crippen LogP contribution < -0.4 is 0 Å². The Morgan fingerprint density at radius 2 is 1.26 bits per heavy atom. The molecular weight excluding hydrogens is 636 g/mol. The van der Waals surface area contributed by atoms with E-state index in [1.165, 1.54) is 31.2 Å². The molecule has 1 aromatic carbocycles. The standard InChI is InChI=1S/C14H26O3.C10H14.C9H16O3.C8H16O3/c1-5-14(3,4)13(15)17-11(2)16-12-9-7-6-8-10-12;1-3-9(2)10-7-5-4-6-8-10;1-4-9(2,3)8(10)12-6-7-5-11-7;1-4-8(2,3)7(10)11-6-5-9/h11-12H,5-10H2,1-4H3;4-9H,3H2,1-2H3;7H,4-6H2,1-3H3;9H,4-6H2,1-3H3. The van der Waals surface area contributed by atoms with E-state index in [2.05, 4.69) is 44.2 Å². The molecule has 9 nitrogen and oxygen atoms in total. The second-order valence-corrected chi connectivity index (χ2v) is 15.2. The van der Waals surface area contributed by atoms with Gasteiger partial charge in [0.1, 0.15) is 19.3 Å². The van der Waals surface area contributed by atoms with Crippen LogP contribution in [0.2, 0.25) is 0 Å². The van der Waals surface area contributed by atoms with Gasteiger partial charge in [-0.2, -0.15) is 0 Å². The predicted octanol–water partition coefficient (Wildman–Crippen LogP) is 9.18. The van der Waals surface area contributed by atoms with Crippen LogP contribution in [0, 0.1) is 16.2 Å². The third-order valence-corrected chi connectivity index (χ3v) is 9.63. The molecule has 1 aliphatic heterocycles. The molecule has 2 fully saturated rings. The van der Waals surface area contributed by atoms with Crippen LogP contribution >= 0.6 is 0 Å². The molecule has 3 unspecified atom stereocenters. The maximum Gasteiger partial charge on any atom is 0.313 e. The molecule has 0 radical (unpaired) electrons. The second-order valence-electron chi connectivity index (χ2n) is 15.2.